The van der Waals surface area contributed by atoms with Gasteiger partial charge in [-0.15, -0.1) is 0 Å². The fourth-order valence-corrected chi connectivity index (χ4v) is 1.94. The van der Waals surface area contributed by atoms with E-state index in [1.165, 1.54) is 12.1 Å². The van der Waals surface area contributed by atoms with Crippen LogP contribution in [0, 0.1) is 11.7 Å². The van der Waals surface area contributed by atoms with Gasteiger partial charge in [0.05, 0.1) is 0 Å². The van der Waals surface area contributed by atoms with E-state index in [1.54, 1.807) is 6.07 Å². The minimum atomic E-state index is -0.313. The maximum atomic E-state index is 12.9. The van der Waals surface area contributed by atoms with Crippen LogP contribution in [0.1, 0.15) is 25.8 Å². The molecule has 2 N–H and O–H groups in total. The average molecular weight is 302 g/mol. The first-order valence-electron chi connectivity index (χ1n) is 5.61. The van der Waals surface area contributed by atoms with Gasteiger partial charge in [-0.05, 0) is 23.6 Å². The van der Waals surface area contributed by atoms with Crippen LogP contribution >= 0.6 is 15.9 Å². The molecule has 2 nitrogen and oxygen atoms in total. The van der Waals surface area contributed by atoms with Crippen molar-refractivity contribution in [2.75, 3.05) is 0 Å². The summed E-state index contributed by atoms with van der Waals surface area (Å²) in [5.74, 6) is 0.0565. The van der Waals surface area contributed by atoms with Crippen molar-refractivity contribution in [2.24, 2.45) is 11.7 Å². The maximum absolute atomic E-state index is 12.9. The second-order valence-electron chi connectivity index (χ2n) is 4.56. The summed E-state index contributed by atoms with van der Waals surface area (Å²) in [5.41, 5.74) is 6.64. The van der Waals surface area contributed by atoms with Crippen LogP contribution in [0.15, 0.2) is 22.7 Å². The van der Waals surface area contributed by atoms with E-state index in [2.05, 4.69) is 15.9 Å². The number of hydrogen-bond acceptors (Lipinski definition) is 2. The molecule has 0 amide bonds. The molecule has 0 radical (unpaired) electrons. The third-order valence-electron chi connectivity index (χ3n) is 2.72. The van der Waals surface area contributed by atoms with Gasteiger partial charge in [0.25, 0.3) is 0 Å². The van der Waals surface area contributed by atoms with E-state index < -0.39 is 0 Å². The molecule has 1 atom stereocenters. The number of benzene rings is 1. The molecule has 17 heavy (non-hydrogen) atoms. The van der Waals surface area contributed by atoms with E-state index in [-0.39, 0.29) is 23.6 Å². The normalized spacial score (nSPS) is 12.8. The molecule has 0 bridgehead atoms. The summed E-state index contributed by atoms with van der Waals surface area (Å²) < 4.78 is 13.5. The Hall–Kier alpha value is -0.740. The number of carbonyl (C=O) groups excluding carboxylic acids is 1. The third-order valence-corrected chi connectivity index (χ3v) is 3.46. The molecule has 0 saturated heterocycles. The molecule has 0 heterocycles. The Balaban J connectivity index is 2.62. The number of nitrogens with two attached hydrogens (primary N) is 1. The van der Waals surface area contributed by atoms with Crippen molar-refractivity contribution in [3.8, 4) is 0 Å². The van der Waals surface area contributed by atoms with E-state index in [9.17, 15) is 9.18 Å². The van der Waals surface area contributed by atoms with Crippen molar-refractivity contribution < 1.29 is 9.18 Å². The van der Waals surface area contributed by atoms with Crippen LogP contribution in [-0.4, -0.2) is 11.8 Å². The van der Waals surface area contributed by atoms with Gasteiger partial charge in [-0.2, -0.15) is 0 Å². The first-order valence-corrected chi connectivity index (χ1v) is 6.40. The lowest BCUT2D eigenvalue weighted by Gasteiger charge is -2.14. The Morgan fingerprint density at radius 2 is 2.12 bits per heavy atom. The molecule has 0 saturated carbocycles. The maximum Gasteiger partial charge on any atom is 0.138 e. The first kappa shape index (κ1) is 14.3. The predicted octanol–water partition coefficient (Wildman–Crippen LogP) is 3.07. The number of halogens is 2. The van der Waals surface area contributed by atoms with Gasteiger partial charge < -0.3 is 5.73 Å². The number of carbonyl (C=O) groups is 1. The highest BCUT2D eigenvalue weighted by Crippen LogP contribution is 2.19. The number of ketones is 1. The summed E-state index contributed by atoms with van der Waals surface area (Å²) >= 11 is 3.25. The molecule has 0 spiro atoms. The molecular formula is C13H17BrFNO. The van der Waals surface area contributed by atoms with Crippen LogP contribution in [-0.2, 0) is 11.2 Å². The number of Topliss-reactive ketones (excluding diaryl/α,β-unsaturated/α-hetero) is 1. The lowest BCUT2D eigenvalue weighted by molar-refractivity contribution is -0.118. The highest BCUT2D eigenvalue weighted by molar-refractivity contribution is 9.10. The van der Waals surface area contributed by atoms with E-state index in [4.69, 9.17) is 5.73 Å². The van der Waals surface area contributed by atoms with Crippen LogP contribution in [0.4, 0.5) is 4.39 Å². The molecule has 1 aromatic carbocycles. The smallest absolute Gasteiger partial charge is 0.138 e. The summed E-state index contributed by atoms with van der Waals surface area (Å²) in [4.78, 5) is 11.8. The van der Waals surface area contributed by atoms with Crippen LogP contribution < -0.4 is 5.73 Å². The molecule has 1 unspecified atom stereocenters. The molecule has 4 heteroatoms. The van der Waals surface area contributed by atoms with Crippen LogP contribution in [0.3, 0.4) is 0 Å². The van der Waals surface area contributed by atoms with Gasteiger partial charge >= 0.3 is 0 Å². The lowest BCUT2D eigenvalue weighted by Crippen LogP contribution is -2.29. The van der Waals surface area contributed by atoms with Crippen molar-refractivity contribution in [3.63, 3.8) is 0 Å². The van der Waals surface area contributed by atoms with Crippen molar-refractivity contribution in [3.05, 3.63) is 34.1 Å². The van der Waals surface area contributed by atoms with Crippen LogP contribution in [0.2, 0.25) is 0 Å². The van der Waals surface area contributed by atoms with Gasteiger partial charge in [-0.3, -0.25) is 4.79 Å². The quantitative estimate of drug-likeness (QED) is 0.908. The van der Waals surface area contributed by atoms with Gasteiger partial charge in [-0.25, -0.2) is 4.39 Å². The predicted molar refractivity (Wildman–Crippen MR) is 70.2 cm³/mol. The largest absolute Gasteiger partial charge is 0.327 e. The Morgan fingerprint density at radius 3 is 2.65 bits per heavy atom. The highest BCUT2D eigenvalue weighted by Gasteiger charge is 2.14. The molecule has 1 aromatic rings. The molecule has 94 valence electrons. The zero-order valence-electron chi connectivity index (χ0n) is 10.0. The molecule has 1 rings (SSSR count). The second-order valence-corrected chi connectivity index (χ2v) is 5.42. The summed E-state index contributed by atoms with van der Waals surface area (Å²) in [6.07, 6.45) is 0.656. The average Bonchev–Trinajstić information content (AvgIpc) is 2.22. The Bertz CT molecular complexity index is 406. The van der Waals surface area contributed by atoms with Gasteiger partial charge in [0.2, 0.25) is 0 Å². The van der Waals surface area contributed by atoms with Crippen LogP contribution in [0.25, 0.3) is 0 Å². The van der Waals surface area contributed by atoms with E-state index in [0.717, 1.165) is 5.56 Å². The fourth-order valence-electron chi connectivity index (χ4n) is 1.45. The molecule has 0 fully saturated rings. The lowest BCUT2D eigenvalue weighted by atomic mass is 9.97. The van der Waals surface area contributed by atoms with E-state index in [0.29, 0.717) is 17.3 Å². The fraction of sp³-hybridized carbons (Fsp3) is 0.462. The highest BCUT2D eigenvalue weighted by atomic mass is 79.9. The van der Waals surface area contributed by atoms with Gasteiger partial charge in [0, 0.05) is 23.4 Å². The van der Waals surface area contributed by atoms with Gasteiger partial charge in [0.15, 0.2) is 0 Å². The summed E-state index contributed by atoms with van der Waals surface area (Å²) in [7, 11) is 0. The van der Waals surface area contributed by atoms with E-state index >= 15 is 0 Å². The van der Waals surface area contributed by atoms with Crippen LogP contribution in [0.5, 0.6) is 0 Å². The van der Waals surface area contributed by atoms with Crippen molar-refractivity contribution in [1.82, 2.24) is 0 Å². The summed E-state index contributed by atoms with van der Waals surface area (Å²) in [6, 6.07) is 4.24. The molecule has 0 aromatic heterocycles. The third kappa shape index (κ3) is 4.56. The van der Waals surface area contributed by atoms with Crippen molar-refractivity contribution in [1.29, 1.82) is 0 Å². The topological polar surface area (TPSA) is 43.1 Å². The molecule has 0 aliphatic rings. The summed E-state index contributed by atoms with van der Waals surface area (Å²) in [5, 5.41) is 0. The molecular weight excluding hydrogens is 285 g/mol. The first-order chi connectivity index (χ1) is 7.90. The Kier molecular flexibility index (Phi) is 5.28. The molecule has 0 aliphatic heterocycles. The Labute approximate surface area is 110 Å². The standard InChI is InChI=1S/C13H17BrFNO/c1-8(2)13(16)7-11(17)5-9-3-4-10(15)6-12(9)14/h3-4,6,8,13H,5,7,16H2,1-2H3. The minimum absolute atomic E-state index is 0.0820. The van der Waals surface area contributed by atoms with Gasteiger partial charge in [0.1, 0.15) is 11.6 Å². The van der Waals surface area contributed by atoms with Gasteiger partial charge in [-0.1, -0.05) is 35.8 Å². The minimum Gasteiger partial charge on any atom is -0.327 e. The van der Waals surface area contributed by atoms with E-state index in [1.807, 2.05) is 13.8 Å². The number of hydrogen-bond donors (Lipinski definition) is 1. The van der Waals surface area contributed by atoms with Crippen molar-refractivity contribution in [2.45, 2.75) is 32.7 Å². The zero-order chi connectivity index (χ0) is 13.0. The second kappa shape index (κ2) is 6.26. The SMILES string of the molecule is CC(C)C(N)CC(=O)Cc1ccc(F)cc1Br. The molecule has 0 aliphatic carbocycles. The summed E-state index contributed by atoms with van der Waals surface area (Å²) in [6.45, 7) is 3.98. The number of rotatable bonds is 5. The van der Waals surface area contributed by atoms with Crippen molar-refractivity contribution >= 4 is 21.7 Å². The zero-order valence-corrected chi connectivity index (χ0v) is 11.6. The Morgan fingerprint density at radius 1 is 1.47 bits per heavy atom. The monoisotopic (exact) mass is 301 g/mol.